The summed E-state index contributed by atoms with van der Waals surface area (Å²) >= 11 is 3.46. The molecule has 0 radical (unpaired) electrons. The van der Waals surface area contributed by atoms with E-state index in [0.29, 0.717) is 25.9 Å². The lowest BCUT2D eigenvalue weighted by Gasteiger charge is -2.37. The second-order valence-corrected chi connectivity index (χ2v) is 5.76. The number of primary amides is 1. The number of carbonyl (C=O) groups excluding carboxylic acids is 1. The third-order valence-corrected chi connectivity index (χ3v) is 4.13. The summed E-state index contributed by atoms with van der Waals surface area (Å²) in [4.78, 5) is 29.8. The summed E-state index contributed by atoms with van der Waals surface area (Å²) in [5, 5.41) is 9.19. The molecule has 1 saturated heterocycles. The number of aromatic nitrogens is 1. The lowest BCUT2D eigenvalue weighted by Crippen LogP contribution is -2.50. The van der Waals surface area contributed by atoms with Crippen molar-refractivity contribution in [1.82, 2.24) is 9.88 Å². The van der Waals surface area contributed by atoms with E-state index in [-0.39, 0.29) is 12.6 Å². The molecule has 1 aromatic heterocycles. The van der Waals surface area contributed by atoms with Crippen LogP contribution < -0.4 is 10.6 Å². The average Bonchev–Trinajstić information content (AvgIpc) is 2.45. The second-order valence-electron chi connectivity index (χ2n) is 4.90. The molecule has 21 heavy (non-hydrogen) atoms. The molecule has 1 fully saturated rings. The Balaban J connectivity index is 2.00. The van der Waals surface area contributed by atoms with E-state index in [9.17, 15) is 14.7 Å². The van der Waals surface area contributed by atoms with E-state index >= 15 is 0 Å². The lowest BCUT2D eigenvalue weighted by atomic mass is 10.0. The molecule has 0 unspecified atom stereocenters. The maximum absolute atomic E-state index is 11.2. The van der Waals surface area contributed by atoms with Gasteiger partial charge in [0.1, 0.15) is 12.4 Å². The van der Waals surface area contributed by atoms with Crippen LogP contribution >= 0.6 is 15.9 Å². The maximum Gasteiger partial charge on any atom is 0.408 e. The van der Waals surface area contributed by atoms with Gasteiger partial charge in [-0.1, -0.05) is 0 Å². The number of piperidine rings is 1. The van der Waals surface area contributed by atoms with Gasteiger partial charge in [-0.05, 0) is 40.9 Å². The number of nitrogens with two attached hydrogens (primary N) is 1. The largest absolute Gasteiger partial charge is 0.465 e. The van der Waals surface area contributed by atoms with Crippen LogP contribution in [-0.2, 0) is 4.79 Å². The van der Waals surface area contributed by atoms with Crippen LogP contribution in [0.15, 0.2) is 22.8 Å². The molecule has 1 aliphatic rings. The Morgan fingerprint density at radius 3 is 2.67 bits per heavy atom. The number of nitrogens with zero attached hydrogens (tertiary/aromatic N) is 3. The fourth-order valence-electron chi connectivity index (χ4n) is 2.52. The molecule has 8 heteroatoms. The van der Waals surface area contributed by atoms with Gasteiger partial charge >= 0.3 is 6.09 Å². The minimum Gasteiger partial charge on any atom is -0.465 e. The zero-order chi connectivity index (χ0) is 15.4. The van der Waals surface area contributed by atoms with Crippen molar-refractivity contribution < 1.29 is 14.7 Å². The Morgan fingerprint density at radius 1 is 1.48 bits per heavy atom. The quantitative estimate of drug-likeness (QED) is 0.846. The molecule has 2 heterocycles. The zero-order valence-corrected chi connectivity index (χ0v) is 13.0. The monoisotopic (exact) mass is 356 g/mol. The first-order valence-corrected chi connectivity index (χ1v) is 7.41. The van der Waals surface area contributed by atoms with Crippen LogP contribution in [0.1, 0.15) is 12.8 Å². The molecule has 0 spiro atoms. The van der Waals surface area contributed by atoms with Gasteiger partial charge in [-0.25, -0.2) is 9.78 Å². The van der Waals surface area contributed by atoms with E-state index in [1.165, 1.54) is 0 Å². The van der Waals surface area contributed by atoms with Gasteiger partial charge in [0.2, 0.25) is 5.91 Å². The van der Waals surface area contributed by atoms with Crippen LogP contribution in [0.4, 0.5) is 10.6 Å². The number of hydrogen-bond acceptors (Lipinski definition) is 4. The number of carboxylic acid groups (broad SMARTS) is 1. The summed E-state index contributed by atoms with van der Waals surface area (Å²) < 4.78 is 0.913. The van der Waals surface area contributed by atoms with Gasteiger partial charge in [0.15, 0.2) is 0 Å². The van der Waals surface area contributed by atoms with Gasteiger partial charge in [-0.15, -0.1) is 0 Å². The standard InChI is InChI=1S/C13H17BrN4O3/c14-10-2-1-5-16-12(10)17-6-3-9(4-7-17)18(13(20)21)8-11(15)19/h1-2,5,9H,3-4,6-8H2,(H2,15,19)(H,20,21). The molecular formula is C13H17BrN4O3. The number of halogens is 1. The number of rotatable bonds is 4. The first kappa shape index (κ1) is 15.6. The highest BCUT2D eigenvalue weighted by atomic mass is 79.9. The summed E-state index contributed by atoms with van der Waals surface area (Å²) in [6, 6.07) is 3.58. The average molecular weight is 357 g/mol. The van der Waals surface area contributed by atoms with E-state index in [1.807, 2.05) is 12.1 Å². The van der Waals surface area contributed by atoms with Gasteiger partial charge in [0, 0.05) is 25.3 Å². The Hall–Kier alpha value is -1.83. The van der Waals surface area contributed by atoms with Gasteiger partial charge in [0.05, 0.1) is 4.47 Å². The SMILES string of the molecule is NC(=O)CN(C(=O)O)C1CCN(c2ncccc2Br)CC1. The summed E-state index contributed by atoms with van der Waals surface area (Å²) in [5.41, 5.74) is 5.11. The molecule has 2 amide bonds. The van der Waals surface area contributed by atoms with Crippen LogP contribution in [0.3, 0.4) is 0 Å². The number of amides is 2. The molecule has 2 rings (SSSR count). The van der Waals surface area contributed by atoms with Crippen molar-refractivity contribution in [3.05, 3.63) is 22.8 Å². The lowest BCUT2D eigenvalue weighted by molar-refractivity contribution is -0.119. The molecule has 7 nitrogen and oxygen atoms in total. The third-order valence-electron chi connectivity index (χ3n) is 3.52. The molecule has 0 saturated carbocycles. The third kappa shape index (κ3) is 3.84. The van der Waals surface area contributed by atoms with Gasteiger partial charge in [-0.3, -0.25) is 9.69 Å². The smallest absolute Gasteiger partial charge is 0.408 e. The molecule has 0 aliphatic carbocycles. The Morgan fingerprint density at radius 2 is 2.14 bits per heavy atom. The van der Waals surface area contributed by atoms with E-state index in [4.69, 9.17) is 5.73 Å². The molecule has 1 aromatic rings. The topological polar surface area (TPSA) is 99.8 Å². The minimum atomic E-state index is -1.11. The Kier molecular flexibility index (Phi) is 5.00. The van der Waals surface area contributed by atoms with Crippen molar-refractivity contribution in [1.29, 1.82) is 0 Å². The number of pyridine rings is 1. The van der Waals surface area contributed by atoms with Crippen LogP contribution in [0.25, 0.3) is 0 Å². The fraction of sp³-hybridized carbons (Fsp3) is 0.462. The molecule has 0 atom stereocenters. The van der Waals surface area contributed by atoms with E-state index in [0.717, 1.165) is 15.2 Å². The molecule has 1 aliphatic heterocycles. The summed E-state index contributed by atoms with van der Waals surface area (Å²) in [7, 11) is 0. The normalized spacial score (nSPS) is 15.8. The van der Waals surface area contributed by atoms with Gasteiger partial charge in [-0.2, -0.15) is 0 Å². The molecule has 0 aromatic carbocycles. The number of anilines is 1. The zero-order valence-electron chi connectivity index (χ0n) is 11.4. The van der Waals surface area contributed by atoms with E-state index in [1.54, 1.807) is 6.20 Å². The summed E-state index contributed by atoms with van der Waals surface area (Å²) in [6.07, 6.45) is 1.90. The minimum absolute atomic E-state index is 0.186. The maximum atomic E-state index is 11.2. The van der Waals surface area contributed by atoms with Crippen molar-refractivity contribution in [3.63, 3.8) is 0 Å². The molecule has 114 valence electrons. The molecular weight excluding hydrogens is 340 g/mol. The molecule has 0 bridgehead atoms. The number of carbonyl (C=O) groups is 2. The predicted molar refractivity (Wildman–Crippen MR) is 81.1 cm³/mol. The van der Waals surface area contributed by atoms with Crippen molar-refractivity contribution in [2.24, 2.45) is 5.73 Å². The predicted octanol–water partition coefficient (Wildman–Crippen LogP) is 1.28. The highest BCUT2D eigenvalue weighted by molar-refractivity contribution is 9.10. The van der Waals surface area contributed by atoms with Crippen molar-refractivity contribution in [2.75, 3.05) is 24.5 Å². The van der Waals surface area contributed by atoms with Crippen molar-refractivity contribution in [2.45, 2.75) is 18.9 Å². The van der Waals surface area contributed by atoms with E-state index in [2.05, 4.69) is 25.8 Å². The van der Waals surface area contributed by atoms with Gasteiger partial charge < -0.3 is 15.7 Å². The van der Waals surface area contributed by atoms with Crippen molar-refractivity contribution >= 4 is 33.7 Å². The Labute approximate surface area is 130 Å². The van der Waals surface area contributed by atoms with Crippen molar-refractivity contribution in [3.8, 4) is 0 Å². The first-order chi connectivity index (χ1) is 9.99. The first-order valence-electron chi connectivity index (χ1n) is 6.62. The van der Waals surface area contributed by atoms with Crippen LogP contribution in [0.2, 0.25) is 0 Å². The summed E-state index contributed by atoms with van der Waals surface area (Å²) in [5.74, 6) is 0.222. The fourth-order valence-corrected chi connectivity index (χ4v) is 3.03. The second kappa shape index (κ2) is 6.75. The summed E-state index contributed by atoms with van der Waals surface area (Å²) in [6.45, 7) is 1.11. The highest BCUT2D eigenvalue weighted by Gasteiger charge is 2.29. The van der Waals surface area contributed by atoms with E-state index < -0.39 is 12.0 Å². The van der Waals surface area contributed by atoms with Gasteiger partial charge in [0.25, 0.3) is 0 Å². The highest BCUT2D eigenvalue weighted by Crippen LogP contribution is 2.27. The van der Waals surface area contributed by atoms with Crippen LogP contribution in [0.5, 0.6) is 0 Å². The van der Waals surface area contributed by atoms with Crippen LogP contribution in [-0.4, -0.2) is 52.7 Å². The number of hydrogen-bond donors (Lipinski definition) is 2. The Bertz CT molecular complexity index is 532. The molecule has 3 N–H and O–H groups in total. The van der Waals surface area contributed by atoms with Crippen LogP contribution in [0, 0.1) is 0 Å².